The fourth-order valence-electron chi connectivity index (χ4n) is 3.37. The summed E-state index contributed by atoms with van der Waals surface area (Å²) < 4.78 is 10.7. The van der Waals surface area contributed by atoms with Gasteiger partial charge in [-0.1, -0.05) is 6.92 Å². The van der Waals surface area contributed by atoms with Gasteiger partial charge in [0.25, 0.3) is 0 Å². The topological polar surface area (TPSA) is 63.7 Å². The van der Waals surface area contributed by atoms with Crippen molar-refractivity contribution in [2.45, 2.75) is 39.7 Å². The molecule has 0 spiro atoms. The fourth-order valence-corrected chi connectivity index (χ4v) is 4.39. The van der Waals surface area contributed by atoms with Crippen LogP contribution in [0.25, 0.3) is 0 Å². The summed E-state index contributed by atoms with van der Waals surface area (Å²) in [4.78, 5) is 20.3. The lowest BCUT2D eigenvalue weighted by molar-refractivity contribution is 0.192. The van der Waals surface area contributed by atoms with Crippen molar-refractivity contribution in [3.8, 4) is 11.5 Å². The molecular formula is C20H27N3O3S. The number of aromatic nitrogens is 1. The van der Waals surface area contributed by atoms with Crippen molar-refractivity contribution in [1.82, 2.24) is 15.2 Å². The number of urea groups is 1. The van der Waals surface area contributed by atoms with Crippen LogP contribution in [0.3, 0.4) is 0 Å². The van der Waals surface area contributed by atoms with Crippen LogP contribution in [-0.2, 0) is 25.8 Å². The van der Waals surface area contributed by atoms with Crippen molar-refractivity contribution in [3.05, 3.63) is 38.8 Å². The summed E-state index contributed by atoms with van der Waals surface area (Å²) in [5, 5.41) is 4.12. The number of methoxy groups -OCH3 is 2. The molecule has 1 aromatic heterocycles. The number of hydrogen-bond donors (Lipinski definition) is 1. The molecule has 2 aromatic rings. The van der Waals surface area contributed by atoms with Crippen molar-refractivity contribution < 1.29 is 14.3 Å². The highest BCUT2D eigenvalue weighted by Gasteiger charge is 2.22. The first-order valence-corrected chi connectivity index (χ1v) is 10.1. The molecule has 6 nitrogen and oxygen atoms in total. The monoisotopic (exact) mass is 389 g/mol. The van der Waals surface area contributed by atoms with E-state index in [4.69, 9.17) is 9.47 Å². The number of aryl methyl sites for hydroxylation is 2. The minimum absolute atomic E-state index is 0.0283. The lowest BCUT2D eigenvalue weighted by atomic mass is 9.99. The Morgan fingerprint density at radius 1 is 1.26 bits per heavy atom. The Morgan fingerprint density at radius 2 is 1.96 bits per heavy atom. The number of hydrogen-bond acceptors (Lipinski definition) is 5. The number of carbonyl (C=O) groups is 1. The van der Waals surface area contributed by atoms with E-state index < -0.39 is 0 Å². The Labute approximate surface area is 164 Å². The first-order chi connectivity index (χ1) is 13.0. The smallest absolute Gasteiger partial charge is 0.317 e. The summed E-state index contributed by atoms with van der Waals surface area (Å²) in [5.74, 6) is 1.43. The molecule has 0 saturated heterocycles. The SMILES string of the molecule is CCc1nc(CCNC(=O)N2CCc3cc(OC)c(OC)cc3C2)sc1C. The molecule has 146 valence electrons. The molecule has 0 unspecified atom stereocenters. The highest BCUT2D eigenvalue weighted by Crippen LogP contribution is 2.33. The molecule has 1 aromatic carbocycles. The standard InChI is InChI=1S/C20H27N3O3S/c1-5-16-13(2)27-19(22-16)6-8-21-20(24)23-9-7-14-10-17(25-3)18(26-4)11-15(14)12-23/h10-11H,5-9,12H2,1-4H3,(H,21,24). The van der Waals surface area contributed by atoms with Crippen LogP contribution in [-0.4, -0.2) is 43.2 Å². The van der Waals surface area contributed by atoms with Crippen LogP contribution in [0.1, 0.15) is 33.6 Å². The molecule has 0 atom stereocenters. The molecule has 0 saturated carbocycles. The number of amides is 2. The second kappa shape index (κ2) is 8.61. The maximum absolute atomic E-state index is 12.5. The molecule has 7 heteroatoms. The highest BCUT2D eigenvalue weighted by atomic mass is 32.1. The van der Waals surface area contributed by atoms with E-state index in [0.717, 1.165) is 35.6 Å². The Kier molecular flexibility index (Phi) is 6.21. The number of benzene rings is 1. The van der Waals surface area contributed by atoms with E-state index in [1.165, 1.54) is 16.1 Å². The Balaban J connectivity index is 1.57. The minimum Gasteiger partial charge on any atom is -0.493 e. The van der Waals surface area contributed by atoms with Crippen molar-refractivity contribution in [2.75, 3.05) is 27.3 Å². The minimum atomic E-state index is -0.0283. The summed E-state index contributed by atoms with van der Waals surface area (Å²) in [6.45, 7) is 6.10. The summed E-state index contributed by atoms with van der Waals surface area (Å²) in [6, 6.07) is 3.96. The van der Waals surface area contributed by atoms with Crippen LogP contribution >= 0.6 is 11.3 Å². The maximum atomic E-state index is 12.5. The number of ether oxygens (including phenoxy) is 2. The van der Waals surface area contributed by atoms with E-state index >= 15 is 0 Å². The number of thiazole rings is 1. The van der Waals surface area contributed by atoms with Gasteiger partial charge in [0.2, 0.25) is 0 Å². The second-order valence-corrected chi connectivity index (χ2v) is 7.88. The lowest BCUT2D eigenvalue weighted by Gasteiger charge is -2.29. The molecule has 0 aliphatic carbocycles. The van der Waals surface area contributed by atoms with Crippen LogP contribution in [0.2, 0.25) is 0 Å². The van der Waals surface area contributed by atoms with Crippen LogP contribution in [0, 0.1) is 6.92 Å². The average Bonchev–Trinajstić information content (AvgIpc) is 3.05. The van der Waals surface area contributed by atoms with E-state index in [0.29, 0.717) is 25.4 Å². The van der Waals surface area contributed by atoms with Gasteiger partial charge in [0.15, 0.2) is 11.5 Å². The van der Waals surface area contributed by atoms with Crippen LogP contribution in [0.4, 0.5) is 4.79 Å². The van der Waals surface area contributed by atoms with Gasteiger partial charge >= 0.3 is 6.03 Å². The zero-order chi connectivity index (χ0) is 19.4. The predicted octanol–water partition coefficient (Wildman–Crippen LogP) is 3.34. The lowest BCUT2D eigenvalue weighted by Crippen LogP contribution is -2.43. The van der Waals surface area contributed by atoms with E-state index in [2.05, 4.69) is 24.1 Å². The maximum Gasteiger partial charge on any atom is 0.317 e. The molecule has 2 heterocycles. The molecule has 1 aliphatic heterocycles. The van der Waals surface area contributed by atoms with Crippen LogP contribution in [0.15, 0.2) is 12.1 Å². The highest BCUT2D eigenvalue weighted by molar-refractivity contribution is 7.11. The third-order valence-corrected chi connectivity index (χ3v) is 5.97. The molecule has 0 fully saturated rings. The van der Waals surface area contributed by atoms with E-state index in [-0.39, 0.29) is 6.03 Å². The van der Waals surface area contributed by atoms with Crippen molar-refractivity contribution in [3.63, 3.8) is 0 Å². The van der Waals surface area contributed by atoms with Crippen molar-refractivity contribution in [2.24, 2.45) is 0 Å². The molecule has 0 radical (unpaired) electrons. The zero-order valence-corrected chi connectivity index (χ0v) is 17.2. The van der Waals surface area contributed by atoms with E-state index in [9.17, 15) is 4.79 Å². The Bertz CT molecular complexity index is 819. The molecule has 27 heavy (non-hydrogen) atoms. The third-order valence-electron chi connectivity index (χ3n) is 4.89. The average molecular weight is 390 g/mol. The van der Waals surface area contributed by atoms with Gasteiger partial charge in [-0.2, -0.15) is 0 Å². The second-order valence-electron chi connectivity index (χ2n) is 6.59. The summed E-state index contributed by atoms with van der Waals surface area (Å²) >= 11 is 1.72. The van der Waals surface area contributed by atoms with Gasteiger partial charge in [-0.15, -0.1) is 11.3 Å². The number of fused-ring (bicyclic) bond motifs is 1. The predicted molar refractivity (Wildman–Crippen MR) is 107 cm³/mol. The number of nitrogens with one attached hydrogen (secondary N) is 1. The molecule has 0 bridgehead atoms. The van der Waals surface area contributed by atoms with Crippen LogP contribution in [0.5, 0.6) is 11.5 Å². The number of nitrogens with zero attached hydrogens (tertiary/aromatic N) is 2. The van der Waals surface area contributed by atoms with Gasteiger partial charge < -0.3 is 19.7 Å². The van der Waals surface area contributed by atoms with Gasteiger partial charge in [-0.25, -0.2) is 9.78 Å². The number of rotatable bonds is 6. The van der Waals surface area contributed by atoms with Gasteiger partial charge in [-0.3, -0.25) is 0 Å². The molecular weight excluding hydrogens is 362 g/mol. The molecule has 1 N–H and O–H groups in total. The van der Waals surface area contributed by atoms with Gasteiger partial charge in [-0.05, 0) is 43.0 Å². The quantitative estimate of drug-likeness (QED) is 0.823. The first kappa shape index (κ1) is 19.5. The van der Waals surface area contributed by atoms with Crippen LogP contribution < -0.4 is 14.8 Å². The van der Waals surface area contributed by atoms with Crippen molar-refractivity contribution in [1.29, 1.82) is 0 Å². The van der Waals surface area contributed by atoms with Gasteiger partial charge in [0.05, 0.1) is 24.9 Å². The molecule has 3 rings (SSSR count). The van der Waals surface area contributed by atoms with Gasteiger partial charge in [0.1, 0.15) is 0 Å². The summed E-state index contributed by atoms with van der Waals surface area (Å²) in [5.41, 5.74) is 3.48. The summed E-state index contributed by atoms with van der Waals surface area (Å²) in [7, 11) is 3.27. The molecule has 2 amide bonds. The fraction of sp³-hybridized carbons (Fsp3) is 0.500. The number of carbonyl (C=O) groups excluding carboxylic acids is 1. The van der Waals surface area contributed by atoms with E-state index in [1.807, 2.05) is 17.0 Å². The summed E-state index contributed by atoms with van der Waals surface area (Å²) in [6.07, 6.45) is 2.54. The zero-order valence-electron chi connectivity index (χ0n) is 16.4. The molecule has 1 aliphatic rings. The Hall–Kier alpha value is -2.28. The van der Waals surface area contributed by atoms with E-state index in [1.54, 1.807) is 25.6 Å². The largest absolute Gasteiger partial charge is 0.493 e. The first-order valence-electron chi connectivity index (χ1n) is 9.27. The van der Waals surface area contributed by atoms with Crippen molar-refractivity contribution >= 4 is 17.4 Å². The third kappa shape index (κ3) is 4.35. The Morgan fingerprint density at radius 3 is 2.59 bits per heavy atom. The van der Waals surface area contributed by atoms with Gasteiger partial charge in [0, 0.05) is 30.9 Å². The normalized spacial score (nSPS) is 13.3.